The van der Waals surface area contributed by atoms with Gasteiger partial charge >= 0.3 is 0 Å². The summed E-state index contributed by atoms with van der Waals surface area (Å²) < 4.78 is 3.18. The lowest BCUT2D eigenvalue weighted by molar-refractivity contribution is 0.695. The van der Waals surface area contributed by atoms with Crippen molar-refractivity contribution in [2.75, 3.05) is 0 Å². The van der Waals surface area contributed by atoms with E-state index in [2.05, 4.69) is 45.1 Å². The molecule has 1 N–H and O–H groups in total. The number of nitrogens with one attached hydrogen (secondary N) is 1. The lowest BCUT2D eigenvalue weighted by Crippen LogP contribution is -2.00. The fourth-order valence-electron chi connectivity index (χ4n) is 1.50. The number of rotatable bonds is 3. The van der Waals surface area contributed by atoms with E-state index in [1.807, 2.05) is 24.3 Å². The first-order chi connectivity index (χ1) is 8.58. The van der Waals surface area contributed by atoms with E-state index in [-0.39, 0.29) is 5.92 Å². The van der Waals surface area contributed by atoms with Gasteiger partial charge in [-0.05, 0) is 29.9 Å². The van der Waals surface area contributed by atoms with Gasteiger partial charge in [0.25, 0.3) is 0 Å². The molecule has 2 rings (SSSR count). The molecule has 6 heteroatoms. The van der Waals surface area contributed by atoms with Gasteiger partial charge in [0.2, 0.25) is 4.77 Å². The van der Waals surface area contributed by atoms with E-state index in [0.717, 1.165) is 15.9 Å². The molecule has 0 radical (unpaired) electrons. The van der Waals surface area contributed by atoms with Crippen molar-refractivity contribution in [3.63, 3.8) is 0 Å². The zero-order valence-corrected chi connectivity index (χ0v) is 12.5. The fourth-order valence-corrected chi connectivity index (χ4v) is 2.10. The molecule has 0 bridgehead atoms. The highest BCUT2D eigenvalue weighted by molar-refractivity contribution is 9.10. The summed E-state index contributed by atoms with van der Waals surface area (Å²) in [6.07, 6.45) is 1.77. The Kier molecular flexibility index (Phi) is 4.08. The van der Waals surface area contributed by atoms with Gasteiger partial charge in [-0.3, -0.25) is 5.10 Å². The molecule has 0 amide bonds. The molecule has 0 unspecified atom stereocenters. The van der Waals surface area contributed by atoms with Crippen LogP contribution in [0.25, 0.3) is 0 Å². The van der Waals surface area contributed by atoms with Gasteiger partial charge in [0.15, 0.2) is 5.82 Å². The van der Waals surface area contributed by atoms with Crippen molar-refractivity contribution in [1.82, 2.24) is 14.9 Å². The molecule has 0 saturated heterocycles. The molecule has 0 aliphatic heterocycles. The Labute approximate surface area is 119 Å². The number of hydrogen-bond donors (Lipinski definition) is 1. The van der Waals surface area contributed by atoms with Crippen molar-refractivity contribution in [2.24, 2.45) is 5.10 Å². The maximum atomic E-state index is 5.16. The molecular formula is C12H13BrN4S. The van der Waals surface area contributed by atoms with Gasteiger partial charge in [0, 0.05) is 10.4 Å². The summed E-state index contributed by atoms with van der Waals surface area (Å²) in [6.45, 7) is 4.10. The fraction of sp³-hybridized carbons (Fsp3) is 0.250. The molecule has 0 fully saturated rings. The summed E-state index contributed by atoms with van der Waals surface area (Å²) in [4.78, 5) is 0. The predicted octanol–water partition coefficient (Wildman–Crippen LogP) is 3.71. The number of aromatic amines is 1. The number of H-pyrrole nitrogens is 1. The van der Waals surface area contributed by atoms with Crippen LogP contribution in [0.5, 0.6) is 0 Å². The second kappa shape index (κ2) is 5.58. The van der Waals surface area contributed by atoms with Gasteiger partial charge < -0.3 is 0 Å². The molecule has 1 aromatic carbocycles. The summed E-state index contributed by atoms with van der Waals surface area (Å²) >= 11 is 8.58. The number of aromatic nitrogens is 3. The maximum absolute atomic E-state index is 5.16. The van der Waals surface area contributed by atoms with Crippen LogP contribution in [0.3, 0.4) is 0 Å². The third-order valence-electron chi connectivity index (χ3n) is 2.36. The molecule has 94 valence electrons. The summed E-state index contributed by atoms with van der Waals surface area (Å²) in [7, 11) is 0. The average molecular weight is 325 g/mol. The van der Waals surface area contributed by atoms with Gasteiger partial charge in [-0.25, -0.2) is 0 Å². The number of hydrogen-bond acceptors (Lipinski definition) is 3. The molecule has 0 atom stereocenters. The van der Waals surface area contributed by atoms with Crippen molar-refractivity contribution in [2.45, 2.75) is 19.8 Å². The van der Waals surface area contributed by atoms with Crippen LogP contribution in [0.1, 0.15) is 31.2 Å². The second-order valence-corrected chi connectivity index (χ2v) is 5.46. The molecule has 0 spiro atoms. The van der Waals surface area contributed by atoms with E-state index in [1.54, 1.807) is 10.9 Å². The van der Waals surface area contributed by atoms with Gasteiger partial charge in [-0.1, -0.05) is 41.9 Å². The van der Waals surface area contributed by atoms with Crippen LogP contribution in [0.4, 0.5) is 0 Å². The average Bonchev–Trinajstić information content (AvgIpc) is 2.68. The molecule has 0 aliphatic carbocycles. The summed E-state index contributed by atoms with van der Waals surface area (Å²) in [5, 5.41) is 11.3. The largest absolute Gasteiger partial charge is 0.250 e. The van der Waals surface area contributed by atoms with Crippen molar-refractivity contribution < 1.29 is 0 Å². The van der Waals surface area contributed by atoms with E-state index in [4.69, 9.17) is 12.2 Å². The zero-order valence-electron chi connectivity index (χ0n) is 10.1. The van der Waals surface area contributed by atoms with E-state index < -0.39 is 0 Å². The smallest absolute Gasteiger partial charge is 0.216 e. The topological polar surface area (TPSA) is 46.0 Å². The highest BCUT2D eigenvalue weighted by Crippen LogP contribution is 2.12. The number of nitrogens with zero attached hydrogens (tertiary/aromatic N) is 3. The number of benzene rings is 1. The molecule has 1 heterocycles. The Morgan fingerprint density at radius 2 is 2.28 bits per heavy atom. The molecule has 0 saturated carbocycles. The standard InChI is InChI=1S/C12H13BrN4S/c1-8(2)11-15-16-12(18)17(11)14-7-9-4-3-5-10(13)6-9/h3-8H,1-2H3,(H,16,18)/b14-7-. The third kappa shape index (κ3) is 2.94. The van der Waals surface area contributed by atoms with Crippen molar-refractivity contribution in [1.29, 1.82) is 0 Å². The molecule has 0 aliphatic rings. The van der Waals surface area contributed by atoms with Crippen LogP contribution in [0, 0.1) is 4.77 Å². The van der Waals surface area contributed by atoms with Crippen LogP contribution in [0.15, 0.2) is 33.8 Å². The maximum Gasteiger partial charge on any atom is 0.216 e. The van der Waals surface area contributed by atoms with Gasteiger partial charge in [-0.2, -0.15) is 14.9 Å². The number of halogens is 1. The van der Waals surface area contributed by atoms with Gasteiger partial charge in [0.05, 0.1) is 6.21 Å². The second-order valence-electron chi connectivity index (χ2n) is 4.15. The minimum absolute atomic E-state index is 0.262. The predicted molar refractivity (Wildman–Crippen MR) is 78.6 cm³/mol. The molecular weight excluding hydrogens is 312 g/mol. The lowest BCUT2D eigenvalue weighted by Gasteiger charge is -2.02. The Morgan fingerprint density at radius 3 is 2.94 bits per heavy atom. The first-order valence-electron chi connectivity index (χ1n) is 5.55. The lowest BCUT2D eigenvalue weighted by atomic mass is 10.2. The molecule has 4 nitrogen and oxygen atoms in total. The summed E-state index contributed by atoms with van der Waals surface area (Å²) in [6, 6.07) is 7.90. The first-order valence-corrected chi connectivity index (χ1v) is 6.75. The Morgan fingerprint density at radius 1 is 1.50 bits per heavy atom. The minimum atomic E-state index is 0.262. The monoisotopic (exact) mass is 324 g/mol. The van der Waals surface area contributed by atoms with Gasteiger partial charge in [-0.15, -0.1) is 0 Å². The highest BCUT2D eigenvalue weighted by atomic mass is 79.9. The van der Waals surface area contributed by atoms with Crippen LogP contribution in [-0.4, -0.2) is 21.1 Å². The quantitative estimate of drug-likeness (QED) is 0.691. The highest BCUT2D eigenvalue weighted by Gasteiger charge is 2.08. The van der Waals surface area contributed by atoms with Crippen LogP contribution >= 0.6 is 28.1 Å². The zero-order chi connectivity index (χ0) is 13.1. The van der Waals surface area contributed by atoms with E-state index >= 15 is 0 Å². The van der Waals surface area contributed by atoms with Crippen LogP contribution in [-0.2, 0) is 0 Å². The van der Waals surface area contributed by atoms with Crippen LogP contribution < -0.4 is 0 Å². The Balaban J connectivity index is 2.34. The van der Waals surface area contributed by atoms with Crippen molar-refractivity contribution in [3.8, 4) is 0 Å². The summed E-state index contributed by atoms with van der Waals surface area (Å²) in [5.74, 6) is 1.09. The molecule has 2 aromatic rings. The normalized spacial score (nSPS) is 11.6. The van der Waals surface area contributed by atoms with E-state index in [0.29, 0.717) is 4.77 Å². The Hall–Kier alpha value is -1.27. The van der Waals surface area contributed by atoms with Gasteiger partial charge in [0.1, 0.15) is 0 Å². The molecule has 18 heavy (non-hydrogen) atoms. The summed E-state index contributed by atoms with van der Waals surface area (Å²) in [5.41, 5.74) is 1.00. The minimum Gasteiger partial charge on any atom is -0.250 e. The first kappa shape index (κ1) is 13.2. The van der Waals surface area contributed by atoms with Crippen molar-refractivity contribution >= 4 is 34.4 Å². The van der Waals surface area contributed by atoms with E-state index in [9.17, 15) is 0 Å². The van der Waals surface area contributed by atoms with E-state index in [1.165, 1.54) is 0 Å². The van der Waals surface area contributed by atoms with Crippen LogP contribution in [0.2, 0.25) is 0 Å². The third-order valence-corrected chi connectivity index (χ3v) is 3.12. The molecule has 1 aromatic heterocycles. The van der Waals surface area contributed by atoms with Crippen molar-refractivity contribution in [3.05, 3.63) is 44.9 Å². The SMILES string of the molecule is CC(C)c1n[nH]c(=S)n1/N=C\c1cccc(Br)c1. The Bertz CT molecular complexity index is 627.